The van der Waals surface area contributed by atoms with Crippen molar-refractivity contribution in [2.24, 2.45) is 0 Å². The third kappa shape index (κ3) is 6.57. The first-order chi connectivity index (χ1) is 17.2. The Morgan fingerprint density at radius 2 is 1.73 bits per heavy atom. The fourth-order valence-electron chi connectivity index (χ4n) is 4.82. The van der Waals surface area contributed by atoms with Gasteiger partial charge in [0.15, 0.2) is 0 Å². The molecule has 2 aromatic rings. The van der Waals surface area contributed by atoms with E-state index in [1.54, 1.807) is 12.1 Å². The molecule has 3 atom stereocenters. The third-order valence-electron chi connectivity index (χ3n) is 6.66. The highest BCUT2D eigenvalue weighted by atomic mass is 32.5. The molecule has 1 aromatic carbocycles. The second-order valence-corrected chi connectivity index (χ2v) is 12.0. The quantitative estimate of drug-likeness (QED) is 0.424. The Hall–Kier alpha value is -2.77. The molecule has 3 unspecified atom stereocenters. The number of aromatic nitrogens is 1. The van der Waals surface area contributed by atoms with Crippen molar-refractivity contribution in [1.82, 2.24) is 15.6 Å². The van der Waals surface area contributed by atoms with Crippen LogP contribution < -0.4 is 15.5 Å². The lowest BCUT2D eigenvalue weighted by Gasteiger charge is -2.41. The van der Waals surface area contributed by atoms with Crippen LogP contribution in [0.1, 0.15) is 50.1 Å². The predicted molar refractivity (Wildman–Crippen MR) is 130 cm³/mol. The van der Waals surface area contributed by atoms with Crippen LogP contribution >= 0.6 is 10.2 Å². The molecule has 0 spiro atoms. The van der Waals surface area contributed by atoms with E-state index >= 15 is 0 Å². The molecule has 1 saturated heterocycles. The van der Waals surface area contributed by atoms with Crippen molar-refractivity contribution >= 4 is 27.7 Å². The molecule has 204 valence electrons. The van der Waals surface area contributed by atoms with E-state index in [1.807, 2.05) is 0 Å². The molecule has 1 aliphatic carbocycles. The normalized spacial score (nSPS) is 23.5. The van der Waals surface area contributed by atoms with E-state index in [2.05, 4.69) is 15.6 Å². The number of halogens is 5. The minimum Gasteiger partial charge on any atom is -0.392 e. The highest BCUT2D eigenvalue weighted by Gasteiger charge is 2.65. The van der Waals surface area contributed by atoms with Crippen LogP contribution in [-0.2, 0) is 9.59 Å². The fourth-order valence-corrected chi connectivity index (χ4v) is 5.47. The molecule has 37 heavy (non-hydrogen) atoms. The van der Waals surface area contributed by atoms with Gasteiger partial charge in [-0.3, -0.25) is 19.5 Å². The second kappa shape index (κ2) is 9.52. The lowest BCUT2D eigenvalue weighted by atomic mass is 9.94. The number of aliphatic hydroxyl groups is 1. The zero-order chi connectivity index (χ0) is 26.9. The number of carbonyl (C=O) groups is 2. The van der Waals surface area contributed by atoms with E-state index in [-0.39, 0.29) is 36.8 Å². The first-order valence-corrected chi connectivity index (χ1v) is 14.0. The Labute approximate surface area is 211 Å². The average molecular weight is 549 g/mol. The molecule has 2 aliphatic rings. The van der Waals surface area contributed by atoms with Gasteiger partial charge in [0.2, 0.25) is 11.8 Å². The van der Waals surface area contributed by atoms with Crippen LogP contribution in [-0.4, -0.2) is 46.6 Å². The van der Waals surface area contributed by atoms with Gasteiger partial charge in [0.1, 0.15) is 10.9 Å². The minimum absolute atomic E-state index is 0.0167. The largest absolute Gasteiger partial charge is 0.392 e. The minimum atomic E-state index is -9.95. The van der Waals surface area contributed by atoms with Crippen molar-refractivity contribution in [2.75, 3.05) is 11.4 Å². The van der Waals surface area contributed by atoms with E-state index in [0.717, 1.165) is 49.1 Å². The van der Waals surface area contributed by atoms with E-state index < -0.39 is 45.1 Å². The first-order valence-electron chi connectivity index (χ1n) is 12.0. The number of aliphatic hydroxyl groups excluding tert-OH is 1. The van der Waals surface area contributed by atoms with Crippen molar-refractivity contribution in [1.29, 1.82) is 0 Å². The van der Waals surface area contributed by atoms with Crippen molar-refractivity contribution < 1.29 is 34.1 Å². The molecule has 0 bridgehead atoms. The maximum atomic E-state index is 13.7. The number of hydrogen-bond acceptors (Lipinski definition) is 5. The summed E-state index contributed by atoms with van der Waals surface area (Å²) in [6.45, 7) is 0.110. The Bertz CT molecular complexity index is 1130. The molecular formula is C24H29F5N4O3S. The zero-order valence-corrected chi connectivity index (χ0v) is 20.7. The number of hydrogen-bond donors (Lipinski definition) is 3. The van der Waals surface area contributed by atoms with Gasteiger partial charge in [-0.1, -0.05) is 44.8 Å². The summed E-state index contributed by atoms with van der Waals surface area (Å²) in [7, 11) is -9.95. The summed E-state index contributed by atoms with van der Waals surface area (Å²) in [5.41, 5.74) is 0.117. The van der Waals surface area contributed by atoms with Crippen LogP contribution in [0.25, 0.3) is 0 Å². The number of β-amino-alcohol motifs (C(OH)–C–C–N with tert-alkyl or cyclic N) is 1. The average Bonchev–Trinajstić information content (AvgIpc) is 3.28. The van der Waals surface area contributed by atoms with Crippen LogP contribution in [0.2, 0.25) is 0 Å². The third-order valence-corrected chi connectivity index (χ3v) is 7.82. The SMILES string of the molecule is O=C(NC1CCCCC1)C(c1cccnc1)N(C(=O)C1CC(O)CN1)c1ccc(S(F)(F)(F)(F)F)cc1. The van der Waals surface area contributed by atoms with Gasteiger partial charge >= 0.3 is 10.2 Å². The van der Waals surface area contributed by atoms with Crippen LogP contribution in [0.3, 0.4) is 0 Å². The molecule has 2 amide bonds. The summed E-state index contributed by atoms with van der Waals surface area (Å²) in [5.74, 6) is -1.26. The monoisotopic (exact) mass is 548 g/mol. The molecule has 1 aromatic heterocycles. The van der Waals surface area contributed by atoms with E-state index in [0.29, 0.717) is 5.56 Å². The number of nitrogens with one attached hydrogen (secondary N) is 2. The number of benzene rings is 1. The van der Waals surface area contributed by atoms with Gasteiger partial charge in [0, 0.05) is 36.2 Å². The van der Waals surface area contributed by atoms with Gasteiger partial charge in [-0.2, -0.15) is 0 Å². The smallest absolute Gasteiger partial charge is 0.310 e. The van der Waals surface area contributed by atoms with Crippen LogP contribution in [0.15, 0.2) is 53.7 Å². The number of carbonyl (C=O) groups excluding carboxylic acids is 2. The molecule has 2 heterocycles. The summed E-state index contributed by atoms with van der Waals surface area (Å²) < 4.78 is 66.7. The number of rotatable bonds is 7. The van der Waals surface area contributed by atoms with Crippen LogP contribution in [0, 0.1) is 0 Å². The summed E-state index contributed by atoms with van der Waals surface area (Å²) in [5, 5.41) is 15.7. The topological polar surface area (TPSA) is 94.6 Å². The van der Waals surface area contributed by atoms with Crippen LogP contribution in [0.5, 0.6) is 0 Å². The van der Waals surface area contributed by atoms with E-state index in [1.165, 1.54) is 12.4 Å². The molecule has 4 rings (SSSR count). The van der Waals surface area contributed by atoms with E-state index in [9.17, 15) is 34.1 Å². The molecule has 2 fully saturated rings. The van der Waals surface area contributed by atoms with Gasteiger partial charge in [0.25, 0.3) is 0 Å². The second-order valence-electron chi connectivity index (χ2n) is 9.55. The molecule has 1 aliphatic heterocycles. The Kier molecular flexibility index (Phi) is 7.01. The molecular weight excluding hydrogens is 519 g/mol. The number of amides is 2. The van der Waals surface area contributed by atoms with Crippen molar-refractivity contribution in [3.05, 3.63) is 54.4 Å². The Balaban J connectivity index is 1.77. The van der Waals surface area contributed by atoms with Crippen molar-refractivity contribution in [3.63, 3.8) is 0 Å². The maximum absolute atomic E-state index is 13.7. The molecule has 3 N–H and O–H groups in total. The van der Waals surface area contributed by atoms with Gasteiger partial charge in [-0.15, -0.1) is 0 Å². The standard InChI is InChI=1S/C24H29F5N4O3S/c25-37(26,27,28,29)20-10-8-18(9-11-20)33(24(36)21-13-19(34)15-31-21)22(16-5-4-12-30-14-16)23(35)32-17-6-2-1-3-7-17/h4-5,8-12,14,17,19,21-22,31,34H,1-3,6-7,13,15H2,(H,32,35). The first kappa shape index (κ1) is 27.3. The van der Waals surface area contributed by atoms with Crippen LogP contribution in [0.4, 0.5) is 25.1 Å². The van der Waals surface area contributed by atoms with Crippen molar-refractivity contribution in [3.8, 4) is 0 Å². The van der Waals surface area contributed by atoms with Gasteiger partial charge in [-0.05, 0) is 49.6 Å². The maximum Gasteiger partial charge on any atom is 0.310 e. The summed E-state index contributed by atoms with van der Waals surface area (Å²) in [6.07, 6.45) is 6.38. The number of nitrogens with zero attached hydrogens (tertiary/aromatic N) is 2. The number of pyridine rings is 1. The lowest BCUT2D eigenvalue weighted by molar-refractivity contribution is -0.128. The van der Waals surface area contributed by atoms with Gasteiger partial charge in [0.05, 0.1) is 12.1 Å². The highest BCUT2D eigenvalue weighted by molar-refractivity contribution is 8.45. The summed E-state index contributed by atoms with van der Waals surface area (Å²) in [4.78, 5) is 30.3. The fraction of sp³-hybridized carbons (Fsp3) is 0.458. The Morgan fingerprint density at radius 3 is 2.27 bits per heavy atom. The number of anilines is 1. The highest BCUT2D eigenvalue weighted by Crippen LogP contribution is 3.02. The molecule has 0 radical (unpaired) electrons. The molecule has 7 nitrogen and oxygen atoms in total. The predicted octanol–water partition coefficient (Wildman–Crippen LogP) is 4.99. The van der Waals surface area contributed by atoms with Crippen molar-refractivity contribution in [2.45, 2.75) is 67.6 Å². The van der Waals surface area contributed by atoms with Gasteiger partial charge in [-0.25, -0.2) is 0 Å². The molecule has 13 heteroatoms. The summed E-state index contributed by atoms with van der Waals surface area (Å²) >= 11 is 0. The summed E-state index contributed by atoms with van der Waals surface area (Å²) in [6, 6.07) is 2.63. The van der Waals surface area contributed by atoms with E-state index in [4.69, 9.17) is 0 Å². The van der Waals surface area contributed by atoms with Gasteiger partial charge < -0.3 is 15.7 Å². The lowest BCUT2D eigenvalue weighted by Crippen LogP contribution is -2.51. The zero-order valence-electron chi connectivity index (χ0n) is 19.8. The molecule has 1 saturated carbocycles. The Morgan fingerprint density at radius 1 is 1.05 bits per heavy atom.